The average Bonchev–Trinajstić information content (AvgIpc) is 3.12. The van der Waals surface area contributed by atoms with Gasteiger partial charge in [0.05, 0.1) is 11.4 Å². The molecule has 0 spiro atoms. The first-order chi connectivity index (χ1) is 15.9. The number of nitrogens with zero attached hydrogens (tertiary/aromatic N) is 3. The van der Waals surface area contributed by atoms with Crippen molar-refractivity contribution in [2.24, 2.45) is 0 Å². The van der Waals surface area contributed by atoms with Gasteiger partial charge in [0.1, 0.15) is 6.04 Å². The number of carbonyl (C=O) groups excluding carboxylic acids is 2. The van der Waals surface area contributed by atoms with E-state index in [0.29, 0.717) is 44.9 Å². The van der Waals surface area contributed by atoms with Crippen molar-refractivity contribution in [2.45, 2.75) is 43.0 Å². The summed E-state index contributed by atoms with van der Waals surface area (Å²) in [5.74, 6) is 0.657. The molecule has 10 heteroatoms. The lowest BCUT2D eigenvalue weighted by Gasteiger charge is -2.37. The highest BCUT2D eigenvalue weighted by molar-refractivity contribution is 7.98. The van der Waals surface area contributed by atoms with E-state index in [2.05, 4.69) is 9.62 Å². The van der Waals surface area contributed by atoms with E-state index in [0.717, 1.165) is 25.9 Å². The fraction of sp³-hybridized carbons (Fsp3) is 0.652. The maximum absolute atomic E-state index is 13.2. The van der Waals surface area contributed by atoms with Crippen LogP contribution in [0.4, 0.5) is 0 Å². The van der Waals surface area contributed by atoms with Gasteiger partial charge in [-0.05, 0) is 43.4 Å². The summed E-state index contributed by atoms with van der Waals surface area (Å²) in [6, 6.07) is 7.34. The molecule has 0 radical (unpaired) electrons. The van der Waals surface area contributed by atoms with E-state index in [1.54, 1.807) is 34.9 Å². The Labute approximate surface area is 202 Å². The number of hydrogen-bond donors (Lipinski definition) is 1. The Hall–Kier alpha value is -1.62. The highest BCUT2D eigenvalue weighted by Gasteiger charge is 2.31. The average molecular weight is 497 g/mol. The third-order valence-corrected chi connectivity index (χ3v) is 8.39. The largest absolute Gasteiger partial charge is 0.342 e. The predicted octanol–water partition coefficient (Wildman–Crippen LogP) is 1.63. The quantitative estimate of drug-likeness (QED) is 0.559. The van der Waals surface area contributed by atoms with Crippen LogP contribution < -0.4 is 4.72 Å². The van der Waals surface area contributed by atoms with Gasteiger partial charge in [-0.3, -0.25) is 14.5 Å². The zero-order valence-electron chi connectivity index (χ0n) is 19.4. The van der Waals surface area contributed by atoms with Gasteiger partial charge >= 0.3 is 0 Å². The molecule has 1 aromatic rings. The van der Waals surface area contributed by atoms with Gasteiger partial charge < -0.3 is 9.80 Å². The summed E-state index contributed by atoms with van der Waals surface area (Å²) in [5.41, 5.74) is 0. The molecule has 0 aromatic heterocycles. The monoisotopic (exact) mass is 496 g/mol. The van der Waals surface area contributed by atoms with Crippen LogP contribution in [0.15, 0.2) is 35.2 Å². The second kappa shape index (κ2) is 12.7. The van der Waals surface area contributed by atoms with Gasteiger partial charge in [0.25, 0.3) is 0 Å². The Balaban J connectivity index is 1.55. The summed E-state index contributed by atoms with van der Waals surface area (Å²) < 4.78 is 28.2. The van der Waals surface area contributed by atoms with Crippen molar-refractivity contribution in [1.29, 1.82) is 0 Å². The molecule has 2 saturated heterocycles. The molecule has 184 valence electrons. The van der Waals surface area contributed by atoms with Crippen molar-refractivity contribution >= 4 is 33.6 Å². The number of amides is 2. The van der Waals surface area contributed by atoms with Gasteiger partial charge in [-0.2, -0.15) is 16.5 Å². The number of thioether (sulfide) groups is 1. The molecular weight excluding hydrogens is 460 g/mol. The summed E-state index contributed by atoms with van der Waals surface area (Å²) in [5, 5.41) is 0. The maximum Gasteiger partial charge on any atom is 0.241 e. The van der Waals surface area contributed by atoms with E-state index >= 15 is 0 Å². The summed E-state index contributed by atoms with van der Waals surface area (Å²) in [4.78, 5) is 31.9. The van der Waals surface area contributed by atoms with Crippen molar-refractivity contribution in [3.63, 3.8) is 0 Å². The lowest BCUT2D eigenvalue weighted by atomic mass is 10.2. The van der Waals surface area contributed by atoms with Crippen LogP contribution in [0.3, 0.4) is 0 Å². The van der Waals surface area contributed by atoms with Crippen molar-refractivity contribution in [3.05, 3.63) is 30.3 Å². The van der Waals surface area contributed by atoms with Gasteiger partial charge in [-0.1, -0.05) is 31.0 Å². The minimum atomic E-state index is -3.78. The molecule has 33 heavy (non-hydrogen) atoms. The SMILES string of the molecule is CSCCC(NS(=O)(=O)c1ccccc1)C(=O)N1CCN(CC(=O)N2CCCCCC2)CC1. The van der Waals surface area contributed by atoms with E-state index < -0.39 is 16.1 Å². The molecule has 8 nitrogen and oxygen atoms in total. The number of hydrogen-bond acceptors (Lipinski definition) is 6. The fourth-order valence-corrected chi connectivity index (χ4v) is 6.00. The highest BCUT2D eigenvalue weighted by atomic mass is 32.2. The molecule has 2 aliphatic heterocycles. The van der Waals surface area contributed by atoms with Crippen LogP contribution in [0.5, 0.6) is 0 Å². The Kier molecular flexibility index (Phi) is 10.0. The second-order valence-electron chi connectivity index (χ2n) is 8.66. The van der Waals surface area contributed by atoms with E-state index in [1.165, 1.54) is 25.0 Å². The molecular formula is C23H36N4O4S2. The lowest BCUT2D eigenvalue weighted by Crippen LogP contribution is -2.56. The van der Waals surface area contributed by atoms with Gasteiger partial charge in [0, 0.05) is 39.3 Å². The van der Waals surface area contributed by atoms with E-state index in [-0.39, 0.29) is 16.7 Å². The Morgan fingerprint density at radius 2 is 1.58 bits per heavy atom. The first-order valence-electron chi connectivity index (χ1n) is 11.8. The van der Waals surface area contributed by atoms with Gasteiger partial charge in [0.15, 0.2) is 0 Å². The van der Waals surface area contributed by atoms with Gasteiger partial charge in [-0.15, -0.1) is 0 Å². The molecule has 2 heterocycles. The van der Waals surface area contributed by atoms with Crippen LogP contribution in [-0.4, -0.2) is 98.8 Å². The number of likely N-dealkylation sites (tertiary alicyclic amines) is 1. The molecule has 1 aromatic carbocycles. The first kappa shape index (κ1) is 26.0. The van der Waals surface area contributed by atoms with E-state index in [1.807, 2.05) is 11.2 Å². The minimum absolute atomic E-state index is 0.156. The summed E-state index contributed by atoms with van der Waals surface area (Å²) in [6.45, 7) is 4.30. The highest BCUT2D eigenvalue weighted by Crippen LogP contribution is 2.14. The van der Waals surface area contributed by atoms with E-state index in [9.17, 15) is 18.0 Å². The molecule has 0 aliphatic carbocycles. The molecule has 1 atom stereocenters. The number of nitrogens with one attached hydrogen (secondary N) is 1. The second-order valence-corrected chi connectivity index (χ2v) is 11.4. The van der Waals surface area contributed by atoms with Crippen molar-refractivity contribution in [3.8, 4) is 0 Å². The zero-order valence-corrected chi connectivity index (χ0v) is 21.1. The van der Waals surface area contributed by atoms with Crippen molar-refractivity contribution in [2.75, 3.05) is 57.8 Å². The van der Waals surface area contributed by atoms with Gasteiger partial charge in [-0.25, -0.2) is 8.42 Å². The van der Waals surface area contributed by atoms with Crippen LogP contribution in [0.2, 0.25) is 0 Å². The number of benzene rings is 1. The predicted molar refractivity (Wildman–Crippen MR) is 132 cm³/mol. The Morgan fingerprint density at radius 1 is 0.939 bits per heavy atom. The summed E-state index contributed by atoms with van der Waals surface area (Å²) in [6.07, 6.45) is 6.90. The Morgan fingerprint density at radius 3 is 2.18 bits per heavy atom. The fourth-order valence-electron chi connectivity index (χ4n) is 4.28. The number of carbonyl (C=O) groups is 2. The zero-order chi connectivity index (χ0) is 23.7. The number of sulfonamides is 1. The first-order valence-corrected chi connectivity index (χ1v) is 14.6. The Bertz CT molecular complexity index is 866. The molecule has 3 rings (SSSR count). The summed E-state index contributed by atoms with van der Waals surface area (Å²) >= 11 is 1.58. The molecule has 1 unspecified atom stereocenters. The maximum atomic E-state index is 13.2. The molecule has 2 aliphatic rings. The molecule has 2 amide bonds. The molecule has 0 saturated carbocycles. The van der Waals surface area contributed by atoms with Crippen molar-refractivity contribution < 1.29 is 18.0 Å². The molecule has 2 fully saturated rings. The van der Waals surface area contributed by atoms with Crippen LogP contribution >= 0.6 is 11.8 Å². The minimum Gasteiger partial charge on any atom is -0.342 e. The smallest absolute Gasteiger partial charge is 0.241 e. The number of piperazine rings is 1. The topological polar surface area (TPSA) is 90.0 Å². The molecule has 0 bridgehead atoms. The lowest BCUT2D eigenvalue weighted by molar-refractivity contribution is -0.136. The van der Waals surface area contributed by atoms with Crippen LogP contribution in [0, 0.1) is 0 Å². The summed E-state index contributed by atoms with van der Waals surface area (Å²) in [7, 11) is -3.78. The third kappa shape index (κ3) is 7.70. The normalized spacial score (nSPS) is 19.2. The molecule has 1 N–H and O–H groups in total. The van der Waals surface area contributed by atoms with Crippen molar-refractivity contribution in [1.82, 2.24) is 19.4 Å². The van der Waals surface area contributed by atoms with Crippen LogP contribution in [0.25, 0.3) is 0 Å². The number of rotatable bonds is 9. The van der Waals surface area contributed by atoms with Crippen LogP contribution in [0.1, 0.15) is 32.1 Å². The third-order valence-electron chi connectivity index (χ3n) is 6.26. The van der Waals surface area contributed by atoms with E-state index in [4.69, 9.17) is 0 Å². The standard InChI is InChI=1S/C23H36N4O4S2/c1-32-18-11-21(24-33(30,31)20-9-5-4-6-10-20)23(29)27-16-14-25(15-17-27)19-22(28)26-12-7-2-3-8-13-26/h4-6,9-10,21,24H,2-3,7-8,11-19H2,1H3. The van der Waals surface area contributed by atoms with Crippen LogP contribution in [-0.2, 0) is 19.6 Å². The van der Waals surface area contributed by atoms with Gasteiger partial charge in [0.2, 0.25) is 21.8 Å².